The number of hydrogen-bond donors (Lipinski definition) is 0. The van der Waals surface area contributed by atoms with Crippen LogP contribution in [0.15, 0.2) is 59.3 Å². The van der Waals surface area contributed by atoms with Gasteiger partial charge < -0.3 is 14.3 Å². The fraction of sp³-hybridized carbons (Fsp3) is 0.200. The van der Waals surface area contributed by atoms with Crippen molar-refractivity contribution in [1.29, 1.82) is 0 Å². The van der Waals surface area contributed by atoms with Gasteiger partial charge in [0.1, 0.15) is 5.71 Å². The zero-order valence-corrected chi connectivity index (χ0v) is 14.2. The van der Waals surface area contributed by atoms with Gasteiger partial charge in [-0.25, -0.2) is 4.79 Å². The summed E-state index contributed by atoms with van der Waals surface area (Å²) < 4.78 is 11.2. The van der Waals surface area contributed by atoms with Crippen LogP contribution in [0.5, 0.6) is 11.5 Å². The molecule has 1 aliphatic rings. The van der Waals surface area contributed by atoms with Crippen LogP contribution in [0.1, 0.15) is 25.0 Å². The Morgan fingerprint density at radius 1 is 1.00 bits per heavy atom. The Bertz CT molecular complexity index is 825. The number of benzene rings is 2. The lowest BCUT2D eigenvalue weighted by Gasteiger charge is -2.11. The molecule has 5 nitrogen and oxygen atoms in total. The summed E-state index contributed by atoms with van der Waals surface area (Å²) in [6.07, 6.45) is 1.75. The molecule has 2 aromatic rings. The fourth-order valence-corrected chi connectivity index (χ4v) is 2.54. The third kappa shape index (κ3) is 3.71. The highest BCUT2D eigenvalue weighted by Gasteiger charge is 2.26. The molecule has 0 radical (unpaired) electrons. The van der Waals surface area contributed by atoms with Crippen LogP contribution in [-0.2, 0) is 9.63 Å². The Morgan fingerprint density at radius 3 is 2.44 bits per heavy atom. The van der Waals surface area contributed by atoms with Crippen molar-refractivity contribution in [2.75, 3.05) is 13.2 Å². The van der Waals surface area contributed by atoms with E-state index in [0.29, 0.717) is 36.0 Å². The van der Waals surface area contributed by atoms with Crippen molar-refractivity contribution in [3.8, 4) is 11.5 Å². The van der Waals surface area contributed by atoms with Gasteiger partial charge in [0.05, 0.1) is 18.8 Å². The lowest BCUT2D eigenvalue weighted by molar-refractivity contribution is -0.136. The molecule has 1 aliphatic heterocycles. The first-order valence-electron chi connectivity index (χ1n) is 8.19. The summed E-state index contributed by atoms with van der Waals surface area (Å²) in [5, 5.41) is 3.91. The molecular formula is C20H19NO4. The summed E-state index contributed by atoms with van der Waals surface area (Å²) in [6.45, 7) is 4.91. The molecule has 0 fully saturated rings. The number of oxime groups is 1. The Kier molecular flexibility index (Phi) is 5.14. The minimum absolute atomic E-state index is 0.415. The maximum atomic E-state index is 12.1. The number of ether oxygens (including phenoxy) is 2. The summed E-state index contributed by atoms with van der Waals surface area (Å²) in [4.78, 5) is 17.0. The second-order valence-electron chi connectivity index (χ2n) is 5.31. The first-order valence-corrected chi connectivity index (χ1v) is 8.19. The number of hydrogen-bond acceptors (Lipinski definition) is 5. The quantitative estimate of drug-likeness (QED) is 0.594. The Balaban J connectivity index is 1.97. The monoisotopic (exact) mass is 337 g/mol. The largest absolute Gasteiger partial charge is 0.490 e. The Morgan fingerprint density at radius 2 is 1.72 bits per heavy atom. The predicted molar refractivity (Wildman–Crippen MR) is 95.8 cm³/mol. The van der Waals surface area contributed by atoms with E-state index in [1.165, 1.54) is 0 Å². The van der Waals surface area contributed by atoms with Gasteiger partial charge in [-0.15, -0.1) is 0 Å². The van der Waals surface area contributed by atoms with Crippen LogP contribution in [0.3, 0.4) is 0 Å². The van der Waals surface area contributed by atoms with Crippen molar-refractivity contribution in [2.45, 2.75) is 13.8 Å². The van der Waals surface area contributed by atoms with E-state index in [9.17, 15) is 4.79 Å². The van der Waals surface area contributed by atoms with E-state index < -0.39 is 5.97 Å². The van der Waals surface area contributed by atoms with Gasteiger partial charge in [0.2, 0.25) is 0 Å². The minimum atomic E-state index is -0.467. The van der Waals surface area contributed by atoms with Crippen molar-refractivity contribution in [1.82, 2.24) is 0 Å². The van der Waals surface area contributed by atoms with Crippen LogP contribution in [0.2, 0.25) is 0 Å². The van der Waals surface area contributed by atoms with E-state index in [4.69, 9.17) is 14.3 Å². The molecule has 0 atom stereocenters. The van der Waals surface area contributed by atoms with Crippen molar-refractivity contribution < 1.29 is 19.1 Å². The first-order chi connectivity index (χ1) is 12.2. The van der Waals surface area contributed by atoms with Crippen molar-refractivity contribution in [3.63, 3.8) is 0 Å². The highest BCUT2D eigenvalue weighted by molar-refractivity contribution is 6.31. The maximum Gasteiger partial charge on any atom is 0.368 e. The van der Waals surface area contributed by atoms with Gasteiger partial charge in [-0.2, -0.15) is 0 Å². The Hall–Kier alpha value is -3.08. The second kappa shape index (κ2) is 7.66. The fourth-order valence-electron chi connectivity index (χ4n) is 2.54. The van der Waals surface area contributed by atoms with E-state index in [-0.39, 0.29) is 0 Å². The summed E-state index contributed by atoms with van der Waals surface area (Å²) >= 11 is 0. The molecule has 0 unspecified atom stereocenters. The summed E-state index contributed by atoms with van der Waals surface area (Å²) in [7, 11) is 0. The highest BCUT2D eigenvalue weighted by Crippen LogP contribution is 2.30. The molecule has 0 aliphatic carbocycles. The first kappa shape index (κ1) is 16.8. The van der Waals surface area contributed by atoms with E-state index in [0.717, 1.165) is 11.1 Å². The highest BCUT2D eigenvalue weighted by atomic mass is 16.7. The molecule has 0 aromatic heterocycles. The third-order valence-corrected chi connectivity index (χ3v) is 3.62. The molecule has 0 amide bonds. The smallest absolute Gasteiger partial charge is 0.368 e. The molecule has 5 heteroatoms. The maximum absolute atomic E-state index is 12.1. The molecule has 0 spiro atoms. The normalized spacial score (nSPS) is 15.0. The van der Waals surface area contributed by atoms with Crippen LogP contribution < -0.4 is 9.47 Å². The molecule has 128 valence electrons. The molecule has 2 aromatic carbocycles. The van der Waals surface area contributed by atoms with Crippen LogP contribution in [0.4, 0.5) is 0 Å². The average Bonchev–Trinajstić information content (AvgIpc) is 2.99. The molecule has 1 heterocycles. The summed E-state index contributed by atoms with van der Waals surface area (Å²) in [5.41, 5.74) is 2.58. The number of rotatable bonds is 6. The molecule has 0 saturated heterocycles. The van der Waals surface area contributed by atoms with Crippen LogP contribution in [0.25, 0.3) is 6.08 Å². The topological polar surface area (TPSA) is 57.1 Å². The van der Waals surface area contributed by atoms with Gasteiger partial charge in [0, 0.05) is 5.56 Å². The van der Waals surface area contributed by atoms with Crippen LogP contribution >= 0.6 is 0 Å². The zero-order chi connectivity index (χ0) is 17.6. The van der Waals surface area contributed by atoms with Crippen LogP contribution in [0, 0.1) is 0 Å². The van der Waals surface area contributed by atoms with Gasteiger partial charge in [-0.3, -0.25) is 0 Å². The van der Waals surface area contributed by atoms with Gasteiger partial charge in [-0.05, 0) is 37.6 Å². The molecule has 0 N–H and O–H groups in total. The third-order valence-electron chi connectivity index (χ3n) is 3.62. The Labute approximate surface area is 146 Å². The summed E-state index contributed by atoms with van der Waals surface area (Å²) in [6, 6.07) is 15.0. The molecule has 3 rings (SSSR count). The van der Waals surface area contributed by atoms with Crippen LogP contribution in [-0.4, -0.2) is 24.9 Å². The standard InChI is InChI=1S/C20H19NO4/c1-3-23-17-11-10-14(13-18(17)24-4-2)12-16-19(21-25-20(16)22)15-8-6-5-7-9-15/h5-13H,3-4H2,1-2H3/b16-12-. The van der Waals surface area contributed by atoms with Crippen molar-refractivity contribution >= 4 is 17.8 Å². The van der Waals surface area contributed by atoms with Gasteiger partial charge in [-0.1, -0.05) is 41.6 Å². The molecule has 0 bridgehead atoms. The van der Waals surface area contributed by atoms with E-state index >= 15 is 0 Å². The SMILES string of the molecule is CCOc1ccc(/C=C2\C(=O)ON=C2c2ccccc2)cc1OCC. The van der Waals surface area contributed by atoms with E-state index in [1.54, 1.807) is 6.08 Å². The lowest BCUT2D eigenvalue weighted by atomic mass is 10.0. The predicted octanol–water partition coefficient (Wildman–Crippen LogP) is 3.83. The molecule has 25 heavy (non-hydrogen) atoms. The summed E-state index contributed by atoms with van der Waals surface area (Å²) in [5.74, 6) is 0.853. The molecular weight excluding hydrogens is 318 g/mol. The second-order valence-corrected chi connectivity index (χ2v) is 5.31. The lowest BCUT2D eigenvalue weighted by Crippen LogP contribution is -2.06. The zero-order valence-electron chi connectivity index (χ0n) is 14.2. The van der Waals surface area contributed by atoms with Crippen molar-refractivity contribution in [3.05, 3.63) is 65.2 Å². The van der Waals surface area contributed by atoms with Crippen molar-refractivity contribution in [2.24, 2.45) is 5.16 Å². The molecule has 0 saturated carbocycles. The van der Waals surface area contributed by atoms with Gasteiger partial charge in [0.25, 0.3) is 0 Å². The van der Waals surface area contributed by atoms with E-state index in [2.05, 4.69) is 5.16 Å². The van der Waals surface area contributed by atoms with Gasteiger partial charge >= 0.3 is 5.97 Å². The average molecular weight is 337 g/mol. The number of carbonyl (C=O) groups excluding carboxylic acids is 1. The van der Waals surface area contributed by atoms with Gasteiger partial charge in [0.15, 0.2) is 11.5 Å². The minimum Gasteiger partial charge on any atom is -0.490 e. The van der Waals surface area contributed by atoms with E-state index in [1.807, 2.05) is 62.4 Å². The number of nitrogens with zero attached hydrogens (tertiary/aromatic N) is 1. The number of carbonyl (C=O) groups is 1.